The minimum atomic E-state index is -0.492. The molecule has 7 aromatic carbocycles. The summed E-state index contributed by atoms with van der Waals surface area (Å²) >= 11 is 0. The zero-order valence-electron chi connectivity index (χ0n) is 30.4. The van der Waals surface area contributed by atoms with E-state index in [4.69, 9.17) is 4.99 Å². The highest BCUT2D eigenvalue weighted by atomic mass is 14.8. The predicted octanol–water partition coefficient (Wildman–Crippen LogP) is 13.6. The Bertz CT molecular complexity index is 2770. The average molecular weight is 690 g/mol. The second kappa shape index (κ2) is 12.8. The standard InChI is InChI=1S/C53H39N/c1-35-51(52(54-36(2)37-16-5-3-6-17-37)46-25-15-21-41-20-9-10-22-43(41)46)47-24-12-14-27-49(47)53(35)48-26-13-11-23-44(48)45-33-32-42(34-50(45)53)40-30-28-39(29-31-40)38-18-7-4-8-19-38/h4-5,7-34H,2-3,6H2,1H3/b54-52-. The quantitative estimate of drug-likeness (QED) is 0.154. The molecule has 0 radical (unpaired) electrons. The molecule has 1 heteroatoms. The van der Waals surface area contributed by atoms with E-state index in [0.29, 0.717) is 0 Å². The second-order valence-corrected chi connectivity index (χ2v) is 14.6. The number of allylic oxidation sites excluding steroid dienone is 5. The van der Waals surface area contributed by atoms with Gasteiger partial charge >= 0.3 is 0 Å². The number of hydrogen-bond donors (Lipinski definition) is 0. The summed E-state index contributed by atoms with van der Waals surface area (Å²) in [7, 11) is 0. The second-order valence-electron chi connectivity index (χ2n) is 14.6. The Balaban J connectivity index is 1.23. The minimum absolute atomic E-state index is 0.492. The lowest BCUT2D eigenvalue weighted by Gasteiger charge is -2.31. The molecule has 0 saturated carbocycles. The fourth-order valence-electron chi connectivity index (χ4n) is 9.27. The molecule has 7 aromatic rings. The SMILES string of the molecule is C=C(/N=C(\C1=C(C)C2(c3ccccc31)c1ccccc1-c1ccc(-c3ccc(-c4ccccc4)cc3)cc12)c1cccc2ccccc12)C1=CCCC=C1. The van der Waals surface area contributed by atoms with Gasteiger partial charge in [-0.05, 0) is 103 Å². The van der Waals surface area contributed by atoms with Gasteiger partial charge in [-0.3, -0.25) is 0 Å². The number of benzene rings is 7. The van der Waals surface area contributed by atoms with Crippen molar-refractivity contribution in [3.63, 3.8) is 0 Å². The molecule has 0 bridgehead atoms. The van der Waals surface area contributed by atoms with Gasteiger partial charge in [-0.15, -0.1) is 0 Å². The maximum absolute atomic E-state index is 5.56. The lowest BCUT2D eigenvalue weighted by atomic mass is 9.69. The first-order chi connectivity index (χ1) is 26.6. The van der Waals surface area contributed by atoms with Gasteiger partial charge in [0.2, 0.25) is 0 Å². The van der Waals surface area contributed by atoms with Crippen molar-refractivity contribution in [2.45, 2.75) is 25.2 Å². The van der Waals surface area contributed by atoms with Gasteiger partial charge in [0.05, 0.1) is 16.8 Å². The van der Waals surface area contributed by atoms with Gasteiger partial charge in [-0.2, -0.15) is 0 Å². The van der Waals surface area contributed by atoms with Crippen LogP contribution in [0.25, 0.3) is 49.7 Å². The Morgan fingerprint density at radius 1 is 0.556 bits per heavy atom. The molecule has 256 valence electrons. The highest BCUT2D eigenvalue weighted by Gasteiger charge is 2.52. The Labute approximate surface area is 317 Å². The highest BCUT2D eigenvalue weighted by molar-refractivity contribution is 6.37. The molecule has 3 aliphatic carbocycles. The molecule has 1 unspecified atom stereocenters. The summed E-state index contributed by atoms with van der Waals surface area (Å²) in [5, 5.41) is 2.38. The van der Waals surface area contributed by atoms with E-state index >= 15 is 0 Å². The van der Waals surface area contributed by atoms with Gasteiger partial charge in [0.15, 0.2) is 0 Å². The maximum Gasteiger partial charge on any atom is 0.0793 e. The van der Waals surface area contributed by atoms with Crippen molar-refractivity contribution in [2.75, 3.05) is 0 Å². The molecule has 0 heterocycles. The third-order valence-electron chi connectivity index (χ3n) is 11.8. The highest BCUT2D eigenvalue weighted by Crippen LogP contribution is 2.62. The van der Waals surface area contributed by atoms with Crippen molar-refractivity contribution in [1.82, 2.24) is 0 Å². The Kier molecular flexibility index (Phi) is 7.63. The summed E-state index contributed by atoms with van der Waals surface area (Å²) < 4.78 is 0. The smallest absolute Gasteiger partial charge is 0.0793 e. The predicted molar refractivity (Wildman–Crippen MR) is 228 cm³/mol. The molecule has 10 rings (SSSR count). The van der Waals surface area contributed by atoms with E-state index in [1.165, 1.54) is 77.6 Å². The third kappa shape index (κ3) is 4.89. The van der Waals surface area contributed by atoms with E-state index in [9.17, 15) is 0 Å². The van der Waals surface area contributed by atoms with Crippen LogP contribution in [0, 0.1) is 0 Å². The third-order valence-corrected chi connectivity index (χ3v) is 11.8. The lowest BCUT2D eigenvalue weighted by Crippen LogP contribution is -2.26. The van der Waals surface area contributed by atoms with E-state index in [1.54, 1.807) is 0 Å². The molecule has 0 N–H and O–H groups in total. The summed E-state index contributed by atoms with van der Waals surface area (Å²) in [6.07, 6.45) is 8.74. The molecule has 1 spiro atoms. The van der Waals surface area contributed by atoms with Crippen LogP contribution in [0.3, 0.4) is 0 Å². The zero-order valence-corrected chi connectivity index (χ0v) is 30.4. The summed E-state index contributed by atoms with van der Waals surface area (Å²) in [4.78, 5) is 5.56. The van der Waals surface area contributed by atoms with E-state index in [0.717, 1.165) is 35.4 Å². The van der Waals surface area contributed by atoms with Crippen LogP contribution in [0.5, 0.6) is 0 Å². The van der Waals surface area contributed by atoms with Crippen molar-refractivity contribution in [3.8, 4) is 33.4 Å². The number of fused-ring (bicyclic) bond motifs is 8. The minimum Gasteiger partial charge on any atom is -0.248 e. The number of rotatable bonds is 6. The van der Waals surface area contributed by atoms with Crippen LogP contribution in [-0.2, 0) is 5.41 Å². The summed E-state index contributed by atoms with van der Waals surface area (Å²) in [6.45, 7) is 6.93. The van der Waals surface area contributed by atoms with Crippen molar-refractivity contribution < 1.29 is 0 Å². The van der Waals surface area contributed by atoms with E-state index in [2.05, 4.69) is 196 Å². The number of nitrogens with zero attached hydrogens (tertiary/aromatic N) is 1. The van der Waals surface area contributed by atoms with Crippen LogP contribution in [0.15, 0.2) is 210 Å². The van der Waals surface area contributed by atoms with Crippen LogP contribution in [0.1, 0.15) is 47.6 Å². The zero-order chi connectivity index (χ0) is 36.2. The van der Waals surface area contributed by atoms with Gasteiger partial charge in [0.1, 0.15) is 0 Å². The van der Waals surface area contributed by atoms with E-state index in [1.807, 2.05) is 0 Å². The van der Waals surface area contributed by atoms with Crippen LogP contribution in [0.2, 0.25) is 0 Å². The summed E-state index contributed by atoms with van der Waals surface area (Å²) in [5.74, 6) is 0. The van der Waals surface area contributed by atoms with Crippen LogP contribution < -0.4 is 0 Å². The lowest BCUT2D eigenvalue weighted by molar-refractivity contribution is 0.767. The van der Waals surface area contributed by atoms with Crippen molar-refractivity contribution >= 4 is 22.1 Å². The fraction of sp³-hybridized carbons (Fsp3) is 0.0755. The molecule has 1 atom stereocenters. The first kappa shape index (κ1) is 32.1. The van der Waals surface area contributed by atoms with Crippen LogP contribution >= 0.6 is 0 Å². The molecule has 1 nitrogen and oxygen atoms in total. The van der Waals surface area contributed by atoms with Crippen molar-refractivity contribution in [2.24, 2.45) is 4.99 Å². The molecular weight excluding hydrogens is 651 g/mol. The van der Waals surface area contributed by atoms with Gasteiger partial charge in [0, 0.05) is 11.1 Å². The average Bonchev–Trinajstić information content (AvgIpc) is 3.68. The molecule has 0 fully saturated rings. The Morgan fingerprint density at radius 2 is 1.17 bits per heavy atom. The van der Waals surface area contributed by atoms with Crippen LogP contribution in [-0.4, -0.2) is 5.71 Å². The Morgan fingerprint density at radius 3 is 1.94 bits per heavy atom. The number of hydrogen-bond acceptors (Lipinski definition) is 1. The van der Waals surface area contributed by atoms with Gasteiger partial charge in [-0.25, -0.2) is 4.99 Å². The van der Waals surface area contributed by atoms with Gasteiger partial charge < -0.3 is 0 Å². The first-order valence-electron chi connectivity index (χ1n) is 19.0. The van der Waals surface area contributed by atoms with Crippen molar-refractivity contribution in [3.05, 3.63) is 233 Å². The molecule has 0 saturated heterocycles. The number of aliphatic imine (C=N–C) groups is 1. The topological polar surface area (TPSA) is 12.4 Å². The molecule has 0 aromatic heterocycles. The van der Waals surface area contributed by atoms with Crippen molar-refractivity contribution in [1.29, 1.82) is 0 Å². The van der Waals surface area contributed by atoms with Crippen LogP contribution in [0.4, 0.5) is 0 Å². The van der Waals surface area contributed by atoms with E-state index in [-0.39, 0.29) is 0 Å². The van der Waals surface area contributed by atoms with Gasteiger partial charge in [0.25, 0.3) is 0 Å². The molecule has 0 amide bonds. The largest absolute Gasteiger partial charge is 0.248 e. The molecular formula is C53H39N. The molecule has 0 aliphatic heterocycles. The normalized spacial score (nSPS) is 17.1. The molecule has 54 heavy (non-hydrogen) atoms. The van der Waals surface area contributed by atoms with E-state index < -0.39 is 5.41 Å². The fourth-order valence-corrected chi connectivity index (χ4v) is 9.27. The van der Waals surface area contributed by atoms with Gasteiger partial charge in [-0.1, -0.05) is 183 Å². The molecule has 3 aliphatic rings. The monoisotopic (exact) mass is 689 g/mol. The first-order valence-corrected chi connectivity index (χ1v) is 19.0. The Hall–Kier alpha value is -6.57. The summed E-state index contributed by atoms with van der Waals surface area (Å²) in [5.41, 5.74) is 18.6. The maximum atomic E-state index is 5.56. The summed E-state index contributed by atoms with van der Waals surface area (Å²) in [6, 6.07) is 60.1.